The van der Waals surface area contributed by atoms with Crippen LogP contribution >= 0.6 is 43.5 Å². The van der Waals surface area contributed by atoms with Gasteiger partial charge in [-0.25, -0.2) is 4.98 Å². The summed E-state index contributed by atoms with van der Waals surface area (Å²) >= 11 is 11.8. The van der Waals surface area contributed by atoms with Crippen LogP contribution < -0.4 is 0 Å². The van der Waals surface area contributed by atoms with Crippen molar-refractivity contribution >= 4 is 59.8 Å². The molecule has 5 nitrogen and oxygen atoms in total. The Kier molecular flexibility index (Phi) is 9.89. The summed E-state index contributed by atoms with van der Waals surface area (Å²) in [6.45, 7) is 3.11. The predicted molar refractivity (Wildman–Crippen MR) is 133 cm³/mol. The summed E-state index contributed by atoms with van der Waals surface area (Å²) in [4.78, 5) is 14.9. The molecule has 0 unspecified atom stereocenters. The Morgan fingerprint density at radius 2 is 1.31 bits per heavy atom. The molecule has 2 heterocycles. The van der Waals surface area contributed by atoms with Gasteiger partial charge in [-0.3, -0.25) is 4.79 Å². The lowest BCUT2D eigenvalue weighted by Crippen LogP contribution is -2.16. The molecule has 1 aliphatic rings. The molecule has 1 fully saturated rings. The monoisotopic (exact) mass is 579 g/mol. The number of benzene rings is 3. The van der Waals surface area contributed by atoms with Crippen molar-refractivity contribution in [1.29, 1.82) is 0 Å². The van der Waals surface area contributed by atoms with Crippen molar-refractivity contribution in [3.05, 3.63) is 87.3 Å². The van der Waals surface area contributed by atoms with Gasteiger partial charge in [0.25, 0.3) is 5.24 Å². The first-order chi connectivity index (χ1) is 15.5. The highest BCUT2D eigenvalue weighted by molar-refractivity contribution is 9.10. The van der Waals surface area contributed by atoms with Crippen molar-refractivity contribution in [2.75, 3.05) is 26.4 Å². The third-order valence-electron chi connectivity index (χ3n) is 4.20. The maximum atomic E-state index is 10.5. The van der Waals surface area contributed by atoms with Crippen LogP contribution in [0.15, 0.2) is 86.2 Å². The first-order valence-corrected chi connectivity index (χ1v) is 11.7. The lowest BCUT2D eigenvalue weighted by Gasteiger charge is -2.09. The number of aromatic nitrogens is 1. The van der Waals surface area contributed by atoms with Gasteiger partial charge in [0.15, 0.2) is 5.58 Å². The topological polar surface area (TPSA) is 61.6 Å². The van der Waals surface area contributed by atoms with Gasteiger partial charge in [-0.15, -0.1) is 0 Å². The van der Waals surface area contributed by atoms with Crippen molar-refractivity contribution in [1.82, 2.24) is 4.98 Å². The van der Waals surface area contributed by atoms with Crippen molar-refractivity contribution in [3.8, 4) is 11.5 Å². The fraction of sp³-hybridized carbons (Fsp3) is 0.167. The van der Waals surface area contributed by atoms with Gasteiger partial charge in [-0.2, -0.15) is 0 Å². The molecular weight excluding hydrogens is 562 g/mol. The molecule has 1 aliphatic heterocycles. The van der Waals surface area contributed by atoms with Crippen LogP contribution in [0.1, 0.15) is 10.4 Å². The lowest BCUT2D eigenvalue weighted by atomic mass is 10.2. The SMILES string of the molecule is Brc1ccc(-c2nc3ccccc3o2)cc1.C1COCCO1.O=C(Cl)c1ccc(Br)cc1. The number of carbonyl (C=O) groups excluding carboxylic acids is 1. The largest absolute Gasteiger partial charge is 0.436 e. The first kappa shape index (κ1) is 24.6. The van der Waals surface area contributed by atoms with E-state index in [9.17, 15) is 4.79 Å². The minimum Gasteiger partial charge on any atom is -0.436 e. The zero-order chi connectivity index (χ0) is 22.8. The smallest absolute Gasteiger partial charge is 0.252 e. The van der Waals surface area contributed by atoms with Crippen LogP contribution in [-0.4, -0.2) is 36.7 Å². The fourth-order valence-corrected chi connectivity index (χ4v) is 3.26. The Bertz CT molecular complexity index is 1080. The minimum atomic E-state index is -0.424. The molecule has 0 N–H and O–H groups in total. The van der Waals surface area contributed by atoms with Gasteiger partial charge < -0.3 is 13.9 Å². The van der Waals surface area contributed by atoms with Crippen LogP contribution in [0.5, 0.6) is 0 Å². The predicted octanol–water partition coefficient (Wildman–Crippen LogP) is 7.12. The summed E-state index contributed by atoms with van der Waals surface area (Å²) in [7, 11) is 0. The normalized spacial score (nSPS) is 12.8. The zero-order valence-corrected chi connectivity index (χ0v) is 20.9. The van der Waals surface area contributed by atoms with Crippen molar-refractivity contribution in [3.63, 3.8) is 0 Å². The second-order valence-corrected chi connectivity index (χ2v) is 8.67. The van der Waals surface area contributed by atoms with Gasteiger partial charge in [0.1, 0.15) is 5.52 Å². The quantitative estimate of drug-likeness (QED) is 0.236. The highest BCUT2D eigenvalue weighted by Gasteiger charge is 2.06. The van der Waals surface area contributed by atoms with E-state index < -0.39 is 5.24 Å². The number of para-hydroxylation sites is 2. The highest BCUT2D eigenvalue weighted by atomic mass is 79.9. The van der Waals surface area contributed by atoms with E-state index >= 15 is 0 Å². The number of fused-ring (bicyclic) bond motifs is 1. The molecule has 32 heavy (non-hydrogen) atoms. The van der Waals surface area contributed by atoms with E-state index in [-0.39, 0.29) is 0 Å². The Morgan fingerprint density at radius 3 is 1.81 bits per heavy atom. The molecule has 3 aromatic carbocycles. The zero-order valence-electron chi connectivity index (χ0n) is 17.0. The molecule has 0 amide bonds. The van der Waals surface area contributed by atoms with Gasteiger partial charge in [0.2, 0.25) is 5.89 Å². The highest BCUT2D eigenvalue weighted by Crippen LogP contribution is 2.25. The Balaban J connectivity index is 0.000000154. The number of carbonyl (C=O) groups is 1. The first-order valence-electron chi connectivity index (χ1n) is 9.75. The number of oxazole rings is 1. The van der Waals surface area contributed by atoms with Crippen LogP contribution in [0.25, 0.3) is 22.6 Å². The van der Waals surface area contributed by atoms with Crippen LogP contribution in [0, 0.1) is 0 Å². The number of hydrogen-bond donors (Lipinski definition) is 0. The van der Waals surface area contributed by atoms with Crippen LogP contribution in [0.2, 0.25) is 0 Å². The van der Waals surface area contributed by atoms with Crippen LogP contribution in [0.4, 0.5) is 0 Å². The Hall–Kier alpha value is -2.03. The Labute approximate surface area is 207 Å². The molecule has 1 aromatic heterocycles. The summed E-state index contributed by atoms with van der Waals surface area (Å²) in [5.41, 5.74) is 3.21. The number of halogens is 3. The molecule has 0 radical (unpaired) electrons. The maximum Gasteiger partial charge on any atom is 0.252 e. The van der Waals surface area contributed by atoms with Gasteiger partial charge in [0.05, 0.1) is 26.4 Å². The maximum absolute atomic E-state index is 10.5. The van der Waals surface area contributed by atoms with Crippen molar-refractivity contribution < 1.29 is 18.7 Å². The molecule has 1 saturated heterocycles. The lowest BCUT2D eigenvalue weighted by molar-refractivity contribution is -0.0334. The van der Waals surface area contributed by atoms with E-state index in [0.29, 0.717) is 11.5 Å². The van der Waals surface area contributed by atoms with Gasteiger partial charge in [-0.05, 0) is 72.3 Å². The molecule has 5 rings (SSSR count). The number of nitrogens with zero attached hydrogens (tertiary/aromatic N) is 1. The van der Waals surface area contributed by atoms with E-state index in [4.69, 9.17) is 25.5 Å². The third kappa shape index (κ3) is 7.83. The molecule has 166 valence electrons. The average molecular weight is 582 g/mol. The number of rotatable bonds is 2. The summed E-state index contributed by atoms with van der Waals surface area (Å²) < 4.78 is 17.5. The van der Waals surface area contributed by atoms with Gasteiger partial charge in [0, 0.05) is 20.1 Å². The minimum absolute atomic E-state index is 0.424. The summed E-state index contributed by atoms with van der Waals surface area (Å²) in [6.07, 6.45) is 0. The van der Waals surface area contributed by atoms with Crippen LogP contribution in [-0.2, 0) is 9.47 Å². The van der Waals surface area contributed by atoms with E-state index in [1.165, 1.54) is 0 Å². The standard InChI is InChI=1S/C13H8BrNO.C7H4BrClO.C4H8O2/c14-10-7-5-9(6-8-10)13-15-11-3-1-2-4-12(11)16-13;8-6-3-1-5(2-4-6)7(9)10;1-2-6-4-3-5-1/h1-8H;1-4H;1-4H2. The van der Waals surface area contributed by atoms with Gasteiger partial charge >= 0.3 is 0 Å². The van der Waals surface area contributed by atoms with E-state index in [0.717, 1.165) is 52.0 Å². The molecule has 0 spiro atoms. The van der Waals surface area contributed by atoms with E-state index in [2.05, 4.69) is 36.8 Å². The van der Waals surface area contributed by atoms with Crippen molar-refractivity contribution in [2.45, 2.75) is 0 Å². The molecule has 4 aromatic rings. The molecule has 0 atom stereocenters. The van der Waals surface area contributed by atoms with Crippen LogP contribution in [0.3, 0.4) is 0 Å². The van der Waals surface area contributed by atoms with Gasteiger partial charge in [-0.1, -0.05) is 44.0 Å². The average Bonchev–Trinajstić information content (AvgIpc) is 3.26. The second kappa shape index (κ2) is 12.9. The molecule has 0 bridgehead atoms. The molecule has 0 aliphatic carbocycles. The third-order valence-corrected chi connectivity index (χ3v) is 5.48. The van der Waals surface area contributed by atoms with Crippen molar-refractivity contribution in [2.24, 2.45) is 0 Å². The summed E-state index contributed by atoms with van der Waals surface area (Å²) in [5, 5.41) is -0.424. The number of ether oxygens (including phenoxy) is 2. The molecule has 0 saturated carbocycles. The summed E-state index contributed by atoms with van der Waals surface area (Å²) in [5.74, 6) is 0.661. The van der Waals surface area contributed by atoms with E-state index in [1.54, 1.807) is 24.3 Å². The Morgan fingerprint density at radius 1 is 0.781 bits per heavy atom. The second-order valence-electron chi connectivity index (χ2n) is 6.50. The van der Waals surface area contributed by atoms with E-state index in [1.807, 2.05) is 48.5 Å². The summed E-state index contributed by atoms with van der Waals surface area (Å²) in [6, 6.07) is 22.6. The molecular formula is C24H20Br2ClNO4. The fourth-order valence-electron chi connectivity index (χ4n) is 2.61. The molecule has 8 heteroatoms. The number of hydrogen-bond acceptors (Lipinski definition) is 5.